The third-order valence-corrected chi connectivity index (χ3v) is 3.77. The van der Waals surface area contributed by atoms with Gasteiger partial charge in [-0.25, -0.2) is 8.78 Å². The molecule has 0 aliphatic heterocycles. The molecule has 1 atom stereocenters. The van der Waals surface area contributed by atoms with Gasteiger partial charge in [-0.3, -0.25) is 0 Å². The van der Waals surface area contributed by atoms with Crippen molar-refractivity contribution in [1.29, 1.82) is 0 Å². The summed E-state index contributed by atoms with van der Waals surface area (Å²) in [5, 5.41) is 9.39. The molecule has 19 heavy (non-hydrogen) atoms. The summed E-state index contributed by atoms with van der Waals surface area (Å²) in [5.41, 5.74) is 1.46. The van der Waals surface area contributed by atoms with Crippen LogP contribution in [0, 0.1) is 11.6 Å². The van der Waals surface area contributed by atoms with E-state index in [4.69, 9.17) is 0 Å². The molecule has 0 fully saturated rings. The van der Waals surface area contributed by atoms with Gasteiger partial charge in [0.1, 0.15) is 11.6 Å². The van der Waals surface area contributed by atoms with Crippen molar-refractivity contribution >= 4 is 11.8 Å². The summed E-state index contributed by atoms with van der Waals surface area (Å²) in [6.07, 6.45) is -0.489. The van der Waals surface area contributed by atoms with E-state index in [-0.39, 0.29) is 0 Å². The van der Waals surface area contributed by atoms with Gasteiger partial charge >= 0.3 is 0 Å². The summed E-state index contributed by atoms with van der Waals surface area (Å²) in [7, 11) is 0. The zero-order chi connectivity index (χ0) is 13.8. The SMILES string of the molecule is CC(O)c1ccc(SCc2cc(F)cc(F)c2)cc1. The van der Waals surface area contributed by atoms with E-state index in [1.165, 1.54) is 23.9 Å². The average molecular weight is 280 g/mol. The molecule has 0 aliphatic carbocycles. The Morgan fingerprint density at radius 3 is 2.16 bits per heavy atom. The lowest BCUT2D eigenvalue weighted by Crippen LogP contribution is -1.90. The van der Waals surface area contributed by atoms with E-state index < -0.39 is 17.7 Å². The first kappa shape index (κ1) is 14.0. The highest BCUT2D eigenvalue weighted by molar-refractivity contribution is 7.98. The molecule has 0 heterocycles. The van der Waals surface area contributed by atoms with Crippen molar-refractivity contribution in [3.05, 3.63) is 65.2 Å². The van der Waals surface area contributed by atoms with Gasteiger partial charge in [0.15, 0.2) is 0 Å². The molecule has 0 spiro atoms. The first-order valence-electron chi connectivity index (χ1n) is 5.90. The van der Waals surface area contributed by atoms with Crippen LogP contribution >= 0.6 is 11.8 Å². The van der Waals surface area contributed by atoms with Crippen molar-refractivity contribution in [3.8, 4) is 0 Å². The van der Waals surface area contributed by atoms with Crippen LogP contribution in [-0.4, -0.2) is 5.11 Å². The zero-order valence-electron chi connectivity index (χ0n) is 10.4. The lowest BCUT2D eigenvalue weighted by molar-refractivity contribution is 0.199. The Balaban J connectivity index is 2.02. The molecule has 1 N–H and O–H groups in total. The third kappa shape index (κ3) is 4.04. The highest BCUT2D eigenvalue weighted by Crippen LogP contribution is 2.25. The zero-order valence-corrected chi connectivity index (χ0v) is 11.3. The van der Waals surface area contributed by atoms with Gasteiger partial charge in [-0.2, -0.15) is 0 Å². The second-order valence-electron chi connectivity index (χ2n) is 4.31. The molecular formula is C15H14F2OS. The number of hydrogen-bond donors (Lipinski definition) is 1. The summed E-state index contributed by atoms with van der Waals surface area (Å²) in [5.74, 6) is -0.608. The van der Waals surface area contributed by atoms with Crippen molar-refractivity contribution < 1.29 is 13.9 Å². The van der Waals surface area contributed by atoms with Crippen LogP contribution < -0.4 is 0 Å². The van der Waals surface area contributed by atoms with Gasteiger partial charge in [0.05, 0.1) is 6.10 Å². The van der Waals surface area contributed by atoms with E-state index in [0.29, 0.717) is 11.3 Å². The van der Waals surface area contributed by atoms with Crippen LogP contribution in [0.2, 0.25) is 0 Å². The van der Waals surface area contributed by atoms with Crippen LogP contribution in [0.4, 0.5) is 8.78 Å². The number of thioether (sulfide) groups is 1. The third-order valence-electron chi connectivity index (χ3n) is 2.69. The first-order valence-corrected chi connectivity index (χ1v) is 6.89. The van der Waals surface area contributed by atoms with Crippen molar-refractivity contribution in [1.82, 2.24) is 0 Å². The smallest absolute Gasteiger partial charge is 0.126 e. The molecule has 2 rings (SSSR count). The van der Waals surface area contributed by atoms with Gasteiger partial charge in [-0.1, -0.05) is 12.1 Å². The second kappa shape index (κ2) is 6.17. The fraction of sp³-hybridized carbons (Fsp3) is 0.200. The number of rotatable bonds is 4. The van der Waals surface area contributed by atoms with Crippen molar-refractivity contribution in [2.45, 2.75) is 23.7 Å². The average Bonchev–Trinajstić information content (AvgIpc) is 2.36. The Morgan fingerprint density at radius 1 is 1.05 bits per heavy atom. The normalized spacial score (nSPS) is 12.4. The molecular weight excluding hydrogens is 266 g/mol. The maximum Gasteiger partial charge on any atom is 0.126 e. The molecule has 0 bridgehead atoms. The first-order chi connectivity index (χ1) is 9.04. The Labute approximate surface area is 115 Å². The molecule has 100 valence electrons. The monoisotopic (exact) mass is 280 g/mol. The summed E-state index contributed by atoms with van der Waals surface area (Å²) in [6, 6.07) is 11.0. The topological polar surface area (TPSA) is 20.2 Å². The van der Waals surface area contributed by atoms with Crippen LogP contribution in [0.5, 0.6) is 0 Å². The van der Waals surface area contributed by atoms with E-state index in [1.807, 2.05) is 24.3 Å². The molecule has 0 aromatic heterocycles. The molecule has 2 aromatic rings. The maximum absolute atomic E-state index is 13.0. The van der Waals surface area contributed by atoms with Gasteiger partial charge in [0.2, 0.25) is 0 Å². The van der Waals surface area contributed by atoms with E-state index in [9.17, 15) is 13.9 Å². The fourth-order valence-electron chi connectivity index (χ4n) is 1.70. The maximum atomic E-state index is 13.0. The predicted molar refractivity (Wildman–Crippen MR) is 73.0 cm³/mol. The van der Waals surface area contributed by atoms with Gasteiger partial charge in [0, 0.05) is 16.7 Å². The Hall–Kier alpha value is -1.39. The molecule has 1 nitrogen and oxygen atoms in total. The van der Waals surface area contributed by atoms with Crippen LogP contribution in [0.1, 0.15) is 24.2 Å². The van der Waals surface area contributed by atoms with E-state index >= 15 is 0 Å². The van der Waals surface area contributed by atoms with Crippen LogP contribution in [0.15, 0.2) is 47.4 Å². The number of benzene rings is 2. The Kier molecular flexibility index (Phi) is 4.56. The molecule has 2 aromatic carbocycles. The van der Waals surface area contributed by atoms with Crippen molar-refractivity contribution in [2.75, 3.05) is 0 Å². The molecule has 0 aliphatic rings. The largest absolute Gasteiger partial charge is 0.389 e. The number of halogens is 2. The lowest BCUT2D eigenvalue weighted by atomic mass is 10.1. The molecule has 4 heteroatoms. The summed E-state index contributed by atoms with van der Waals surface area (Å²) in [6.45, 7) is 1.71. The standard InChI is InChI=1S/C15H14F2OS/c1-10(18)12-2-4-15(5-3-12)19-9-11-6-13(16)8-14(17)7-11/h2-8,10,18H,9H2,1H3. The second-order valence-corrected chi connectivity index (χ2v) is 5.36. The van der Waals surface area contributed by atoms with Crippen LogP contribution in [0.3, 0.4) is 0 Å². The minimum atomic E-state index is -0.556. The van der Waals surface area contributed by atoms with Crippen LogP contribution in [0.25, 0.3) is 0 Å². The minimum Gasteiger partial charge on any atom is -0.389 e. The number of aliphatic hydroxyl groups excluding tert-OH is 1. The highest BCUT2D eigenvalue weighted by Gasteiger charge is 2.03. The van der Waals surface area contributed by atoms with Crippen LogP contribution in [-0.2, 0) is 5.75 Å². The number of hydrogen-bond acceptors (Lipinski definition) is 2. The lowest BCUT2D eigenvalue weighted by Gasteiger charge is -2.06. The van der Waals surface area contributed by atoms with Gasteiger partial charge < -0.3 is 5.11 Å². The van der Waals surface area contributed by atoms with E-state index in [0.717, 1.165) is 16.5 Å². The van der Waals surface area contributed by atoms with E-state index in [2.05, 4.69) is 0 Å². The van der Waals surface area contributed by atoms with E-state index in [1.54, 1.807) is 6.92 Å². The molecule has 1 unspecified atom stereocenters. The number of aliphatic hydroxyl groups is 1. The minimum absolute atomic E-state index is 0.489. The summed E-state index contributed by atoms with van der Waals surface area (Å²) in [4.78, 5) is 0.995. The quantitative estimate of drug-likeness (QED) is 0.842. The molecule has 0 amide bonds. The fourth-order valence-corrected chi connectivity index (χ4v) is 2.53. The summed E-state index contributed by atoms with van der Waals surface area (Å²) < 4.78 is 26.0. The van der Waals surface area contributed by atoms with Gasteiger partial charge in [-0.05, 0) is 42.3 Å². The van der Waals surface area contributed by atoms with Crippen molar-refractivity contribution in [3.63, 3.8) is 0 Å². The molecule has 0 saturated heterocycles. The molecule has 0 saturated carbocycles. The predicted octanol–water partition coefficient (Wildman–Crippen LogP) is 4.31. The Bertz CT molecular complexity index is 532. The summed E-state index contributed by atoms with van der Waals surface area (Å²) >= 11 is 1.50. The van der Waals surface area contributed by atoms with Crippen molar-refractivity contribution in [2.24, 2.45) is 0 Å². The van der Waals surface area contributed by atoms with Gasteiger partial charge in [0.25, 0.3) is 0 Å². The molecule has 0 radical (unpaired) electrons. The Morgan fingerprint density at radius 2 is 1.63 bits per heavy atom. The van der Waals surface area contributed by atoms with Gasteiger partial charge in [-0.15, -0.1) is 11.8 Å². The highest BCUT2D eigenvalue weighted by atomic mass is 32.2.